The first-order valence-corrected chi connectivity index (χ1v) is 4.43. The van der Waals surface area contributed by atoms with E-state index in [0.717, 1.165) is 0 Å². The predicted molar refractivity (Wildman–Crippen MR) is 50.2 cm³/mol. The van der Waals surface area contributed by atoms with E-state index in [1.807, 2.05) is 0 Å². The fourth-order valence-electron chi connectivity index (χ4n) is 1.53. The molecule has 0 spiro atoms. The Morgan fingerprint density at radius 3 is 3.00 bits per heavy atom. The smallest absolute Gasteiger partial charge is 0.326 e. The number of fused-ring (bicyclic) bond motifs is 1. The highest BCUT2D eigenvalue weighted by atomic mass is 35.5. The van der Waals surface area contributed by atoms with Gasteiger partial charge in [0.05, 0.1) is 0 Å². The monoisotopic (exact) mass is 215 g/mol. The van der Waals surface area contributed by atoms with Crippen LogP contribution >= 0.6 is 11.6 Å². The fraction of sp³-hybridized carbons (Fsp3) is 0.222. The van der Waals surface area contributed by atoms with E-state index in [4.69, 9.17) is 16.7 Å². The number of carboxylic acids is 1. The Morgan fingerprint density at radius 1 is 1.64 bits per heavy atom. The highest BCUT2D eigenvalue weighted by Gasteiger charge is 2.28. The van der Waals surface area contributed by atoms with Crippen LogP contribution in [0.1, 0.15) is 5.56 Å². The molecule has 0 fully saturated rings. The second-order valence-corrected chi connectivity index (χ2v) is 3.56. The maximum atomic E-state index is 12.9. The molecule has 5 heteroatoms. The van der Waals surface area contributed by atoms with Crippen molar-refractivity contribution in [1.29, 1.82) is 0 Å². The predicted octanol–water partition coefficient (Wildman–Crippen LogP) is 1.90. The van der Waals surface area contributed by atoms with Gasteiger partial charge < -0.3 is 10.4 Å². The Kier molecular flexibility index (Phi) is 2.07. The van der Waals surface area contributed by atoms with E-state index >= 15 is 0 Å². The first kappa shape index (κ1) is 9.27. The molecular formula is C9H7ClFNO2. The van der Waals surface area contributed by atoms with E-state index in [9.17, 15) is 9.18 Å². The van der Waals surface area contributed by atoms with Gasteiger partial charge in [-0.25, -0.2) is 9.18 Å². The minimum atomic E-state index is -0.960. The van der Waals surface area contributed by atoms with E-state index in [-0.39, 0.29) is 5.02 Å². The summed E-state index contributed by atoms with van der Waals surface area (Å²) in [4.78, 5) is 10.7. The normalized spacial score (nSPS) is 18.9. The van der Waals surface area contributed by atoms with Gasteiger partial charge in [-0.3, -0.25) is 0 Å². The molecule has 0 saturated carbocycles. The van der Waals surface area contributed by atoms with Crippen molar-refractivity contribution >= 4 is 23.3 Å². The van der Waals surface area contributed by atoms with Crippen molar-refractivity contribution in [3.63, 3.8) is 0 Å². The van der Waals surface area contributed by atoms with Crippen LogP contribution in [0.2, 0.25) is 5.02 Å². The van der Waals surface area contributed by atoms with Gasteiger partial charge in [-0.1, -0.05) is 11.6 Å². The van der Waals surface area contributed by atoms with Crippen molar-refractivity contribution in [3.05, 3.63) is 28.5 Å². The Bertz CT molecular complexity index is 408. The summed E-state index contributed by atoms with van der Waals surface area (Å²) in [5, 5.41) is 11.7. The number of nitrogens with one attached hydrogen (secondary N) is 1. The van der Waals surface area contributed by atoms with Crippen LogP contribution in [0.25, 0.3) is 0 Å². The molecule has 1 aliphatic heterocycles. The van der Waals surface area contributed by atoms with Crippen molar-refractivity contribution < 1.29 is 14.3 Å². The second-order valence-electron chi connectivity index (χ2n) is 3.15. The van der Waals surface area contributed by atoms with Gasteiger partial charge in [0.2, 0.25) is 0 Å². The average Bonchev–Trinajstić information content (AvgIpc) is 2.47. The minimum absolute atomic E-state index is 0.274. The van der Waals surface area contributed by atoms with Crippen LogP contribution in [0.3, 0.4) is 0 Å². The van der Waals surface area contributed by atoms with Crippen molar-refractivity contribution in [2.24, 2.45) is 0 Å². The van der Waals surface area contributed by atoms with Gasteiger partial charge in [0.15, 0.2) is 0 Å². The molecule has 14 heavy (non-hydrogen) atoms. The zero-order valence-electron chi connectivity index (χ0n) is 7.05. The Balaban J connectivity index is 2.39. The van der Waals surface area contributed by atoms with Gasteiger partial charge in [0, 0.05) is 17.1 Å². The van der Waals surface area contributed by atoms with E-state index in [0.29, 0.717) is 17.7 Å². The number of carbonyl (C=O) groups is 1. The van der Waals surface area contributed by atoms with E-state index < -0.39 is 17.8 Å². The molecular weight excluding hydrogens is 209 g/mol. The topological polar surface area (TPSA) is 49.3 Å². The average molecular weight is 216 g/mol. The van der Waals surface area contributed by atoms with E-state index in [1.54, 1.807) is 0 Å². The largest absolute Gasteiger partial charge is 0.480 e. The molecule has 1 aromatic rings. The van der Waals surface area contributed by atoms with E-state index in [1.165, 1.54) is 12.1 Å². The Morgan fingerprint density at radius 2 is 2.36 bits per heavy atom. The summed E-state index contributed by atoms with van der Waals surface area (Å²) in [7, 11) is 0. The number of carboxylic acid groups (broad SMARTS) is 1. The summed E-state index contributed by atoms with van der Waals surface area (Å²) < 4.78 is 12.9. The van der Waals surface area contributed by atoms with Gasteiger partial charge in [-0.05, 0) is 17.7 Å². The third-order valence-corrected chi connectivity index (χ3v) is 2.53. The molecule has 0 amide bonds. The quantitative estimate of drug-likeness (QED) is 0.752. The SMILES string of the molecule is O=C(O)C1Cc2c(Cl)cc(F)cc2N1. The van der Waals surface area contributed by atoms with Gasteiger partial charge >= 0.3 is 5.97 Å². The van der Waals surface area contributed by atoms with Crippen molar-refractivity contribution in [2.45, 2.75) is 12.5 Å². The summed E-state index contributed by atoms with van der Waals surface area (Å²) >= 11 is 5.77. The molecule has 1 heterocycles. The Hall–Kier alpha value is -1.29. The van der Waals surface area contributed by atoms with Crippen LogP contribution in [0, 0.1) is 5.82 Å². The second kappa shape index (κ2) is 3.13. The molecule has 1 aromatic carbocycles. The fourth-order valence-corrected chi connectivity index (χ4v) is 1.81. The van der Waals surface area contributed by atoms with Gasteiger partial charge in [0.25, 0.3) is 0 Å². The van der Waals surface area contributed by atoms with Crippen LogP contribution in [-0.4, -0.2) is 17.1 Å². The number of halogens is 2. The molecule has 3 nitrogen and oxygen atoms in total. The highest BCUT2D eigenvalue weighted by Crippen LogP contribution is 2.32. The summed E-state index contributed by atoms with van der Waals surface area (Å²) in [6, 6.07) is 1.74. The van der Waals surface area contributed by atoms with Crippen molar-refractivity contribution in [2.75, 3.05) is 5.32 Å². The number of benzene rings is 1. The molecule has 1 atom stereocenters. The van der Waals surface area contributed by atoms with Crippen LogP contribution in [0.5, 0.6) is 0 Å². The number of hydrogen-bond acceptors (Lipinski definition) is 2. The van der Waals surface area contributed by atoms with Crippen LogP contribution in [0.4, 0.5) is 10.1 Å². The molecule has 1 aliphatic rings. The molecule has 0 saturated heterocycles. The summed E-state index contributed by atoms with van der Waals surface area (Å²) in [6.45, 7) is 0. The van der Waals surface area contributed by atoms with Crippen molar-refractivity contribution in [1.82, 2.24) is 0 Å². The number of rotatable bonds is 1. The first-order chi connectivity index (χ1) is 6.58. The Labute approximate surface area is 84.5 Å². The zero-order valence-corrected chi connectivity index (χ0v) is 7.81. The van der Waals surface area contributed by atoms with Crippen LogP contribution < -0.4 is 5.32 Å². The summed E-state index contributed by atoms with van der Waals surface area (Å²) in [5.74, 6) is -1.43. The lowest BCUT2D eigenvalue weighted by atomic mass is 10.1. The number of anilines is 1. The van der Waals surface area contributed by atoms with Gasteiger partial charge in [-0.15, -0.1) is 0 Å². The third-order valence-electron chi connectivity index (χ3n) is 2.20. The lowest BCUT2D eigenvalue weighted by Gasteiger charge is -2.03. The van der Waals surface area contributed by atoms with Crippen molar-refractivity contribution in [3.8, 4) is 0 Å². The first-order valence-electron chi connectivity index (χ1n) is 4.05. The van der Waals surface area contributed by atoms with Gasteiger partial charge in [-0.2, -0.15) is 0 Å². The molecule has 74 valence electrons. The summed E-state index contributed by atoms with van der Waals surface area (Å²) in [6.07, 6.45) is 0.295. The van der Waals surface area contributed by atoms with Crippen LogP contribution in [-0.2, 0) is 11.2 Å². The third kappa shape index (κ3) is 1.42. The standard InChI is InChI=1S/C9H7ClFNO2/c10-6-1-4(11)2-7-5(6)3-8(12-7)9(13)14/h1-2,8,12H,3H2,(H,13,14). The lowest BCUT2D eigenvalue weighted by molar-refractivity contribution is -0.137. The van der Waals surface area contributed by atoms with Gasteiger partial charge in [0.1, 0.15) is 11.9 Å². The number of aliphatic carboxylic acids is 1. The van der Waals surface area contributed by atoms with E-state index in [2.05, 4.69) is 5.32 Å². The number of hydrogen-bond donors (Lipinski definition) is 2. The molecule has 2 N–H and O–H groups in total. The molecule has 0 radical (unpaired) electrons. The zero-order chi connectivity index (χ0) is 10.3. The lowest BCUT2D eigenvalue weighted by Crippen LogP contribution is -2.26. The molecule has 2 rings (SSSR count). The minimum Gasteiger partial charge on any atom is -0.480 e. The summed E-state index contributed by atoms with van der Waals surface area (Å²) in [5.41, 5.74) is 1.14. The maximum Gasteiger partial charge on any atom is 0.326 e. The molecule has 0 aliphatic carbocycles. The molecule has 1 unspecified atom stereocenters. The molecule has 0 aromatic heterocycles. The van der Waals surface area contributed by atoms with Crippen LogP contribution in [0.15, 0.2) is 12.1 Å². The highest BCUT2D eigenvalue weighted by molar-refractivity contribution is 6.32. The molecule has 0 bridgehead atoms. The maximum absolute atomic E-state index is 12.9.